The lowest BCUT2D eigenvalue weighted by Crippen LogP contribution is -2.01. The molecule has 2 aromatic carbocycles. The first kappa shape index (κ1) is 12.8. The van der Waals surface area contributed by atoms with Crippen molar-refractivity contribution in [3.8, 4) is 5.75 Å². The van der Waals surface area contributed by atoms with Crippen LogP contribution in [0.15, 0.2) is 46.9 Å². The normalized spacial score (nSPS) is 10.1. The molecule has 2 rings (SSSR count). The minimum atomic E-state index is 0.600. The number of hydrogen-bond acceptors (Lipinski definition) is 3. The van der Waals surface area contributed by atoms with Gasteiger partial charge in [0.1, 0.15) is 5.75 Å². The van der Waals surface area contributed by atoms with Crippen LogP contribution in [-0.2, 0) is 0 Å². The number of benzene rings is 2. The van der Waals surface area contributed by atoms with Crippen molar-refractivity contribution in [1.29, 1.82) is 0 Å². The van der Waals surface area contributed by atoms with E-state index >= 15 is 0 Å². The Labute approximate surface area is 115 Å². The van der Waals surface area contributed by atoms with Crippen LogP contribution in [0.1, 0.15) is 6.92 Å². The second-order valence-corrected chi connectivity index (χ2v) is 4.61. The van der Waals surface area contributed by atoms with Crippen LogP contribution in [-0.4, -0.2) is 6.61 Å². The number of nitrogens with one attached hydrogen (secondary N) is 1. The molecule has 3 N–H and O–H groups in total. The number of para-hydroxylation sites is 2. The number of anilines is 3. The summed E-state index contributed by atoms with van der Waals surface area (Å²) < 4.78 is 6.46. The van der Waals surface area contributed by atoms with Gasteiger partial charge in [0.2, 0.25) is 0 Å². The maximum atomic E-state index is 6.06. The van der Waals surface area contributed by atoms with Crippen molar-refractivity contribution in [1.82, 2.24) is 0 Å². The molecule has 18 heavy (non-hydrogen) atoms. The third-order valence-electron chi connectivity index (χ3n) is 2.51. The summed E-state index contributed by atoms with van der Waals surface area (Å²) in [6, 6.07) is 13.6. The molecule has 2 aromatic rings. The molecule has 0 atom stereocenters. The summed E-state index contributed by atoms with van der Waals surface area (Å²) in [5.41, 5.74) is 8.50. The van der Waals surface area contributed by atoms with Crippen molar-refractivity contribution >= 4 is 33.0 Å². The summed E-state index contributed by atoms with van der Waals surface area (Å²) in [5, 5.41) is 3.29. The van der Waals surface area contributed by atoms with Crippen LogP contribution in [0.5, 0.6) is 5.75 Å². The molecule has 0 saturated carbocycles. The van der Waals surface area contributed by atoms with Gasteiger partial charge in [0, 0.05) is 4.47 Å². The van der Waals surface area contributed by atoms with E-state index in [9.17, 15) is 0 Å². The largest absolute Gasteiger partial charge is 0.492 e. The molecule has 0 heterocycles. The highest BCUT2D eigenvalue weighted by molar-refractivity contribution is 9.10. The second-order valence-electron chi connectivity index (χ2n) is 3.76. The molecular weight excluding hydrogens is 292 g/mol. The van der Waals surface area contributed by atoms with Crippen LogP contribution in [0.4, 0.5) is 17.1 Å². The number of halogens is 1. The van der Waals surface area contributed by atoms with Gasteiger partial charge in [-0.05, 0) is 47.1 Å². The van der Waals surface area contributed by atoms with Gasteiger partial charge >= 0.3 is 0 Å². The Morgan fingerprint density at radius 1 is 1.11 bits per heavy atom. The molecule has 4 heteroatoms. The summed E-state index contributed by atoms with van der Waals surface area (Å²) in [6.45, 7) is 2.54. The third-order valence-corrected chi connectivity index (χ3v) is 3.20. The zero-order valence-electron chi connectivity index (χ0n) is 10.1. The van der Waals surface area contributed by atoms with Gasteiger partial charge in [-0.1, -0.05) is 18.2 Å². The van der Waals surface area contributed by atoms with Crippen LogP contribution in [0.2, 0.25) is 0 Å². The SMILES string of the molecule is CCOc1cccc(Nc2ccccc2Br)c1N. The Bertz CT molecular complexity index is 543. The molecule has 0 unspecified atom stereocenters. The van der Waals surface area contributed by atoms with E-state index in [4.69, 9.17) is 10.5 Å². The van der Waals surface area contributed by atoms with E-state index in [0.29, 0.717) is 18.0 Å². The molecule has 0 amide bonds. The van der Waals surface area contributed by atoms with Crippen molar-refractivity contribution in [3.05, 3.63) is 46.9 Å². The maximum absolute atomic E-state index is 6.06. The zero-order valence-corrected chi connectivity index (χ0v) is 11.7. The fourth-order valence-corrected chi connectivity index (χ4v) is 2.03. The summed E-state index contributed by atoms with van der Waals surface area (Å²) in [7, 11) is 0. The lowest BCUT2D eigenvalue weighted by atomic mass is 10.2. The average Bonchev–Trinajstić information content (AvgIpc) is 2.37. The fourth-order valence-electron chi connectivity index (χ4n) is 1.64. The summed E-state index contributed by atoms with van der Waals surface area (Å²) in [5.74, 6) is 0.703. The minimum absolute atomic E-state index is 0.600. The summed E-state index contributed by atoms with van der Waals surface area (Å²) in [4.78, 5) is 0. The van der Waals surface area contributed by atoms with Gasteiger partial charge in [-0.15, -0.1) is 0 Å². The highest BCUT2D eigenvalue weighted by Crippen LogP contribution is 2.33. The molecule has 0 aliphatic heterocycles. The number of nitrogen functional groups attached to an aromatic ring is 1. The van der Waals surface area contributed by atoms with E-state index in [0.717, 1.165) is 15.8 Å². The predicted molar refractivity (Wildman–Crippen MR) is 79.4 cm³/mol. The van der Waals surface area contributed by atoms with E-state index < -0.39 is 0 Å². The Morgan fingerprint density at radius 2 is 1.83 bits per heavy atom. The van der Waals surface area contributed by atoms with Crippen LogP contribution in [0, 0.1) is 0 Å². The van der Waals surface area contributed by atoms with Crippen molar-refractivity contribution in [3.63, 3.8) is 0 Å². The Balaban J connectivity index is 2.30. The lowest BCUT2D eigenvalue weighted by Gasteiger charge is -2.14. The molecule has 3 nitrogen and oxygen atoms in total. The van der Waals surface area contributed by atoms with Crippen molar-refractivity contribution in [2.75, 3.05) is 17.7 Å². The summed E-state index contributed by atoms with van der Waals surface area (Å²) >= 11 is 3.49. The highest BCUT2D eigenvalue weighted by Gasteiger charge is 2.07. The molecule has 0 aliphatic rings. The first-order chi connectivity index (χ1) is 8.72. The van der Waals surface area contributed by atoms with Crippen LogP contribution >= 0.6 is 15.9 Å². The van der Waals surface area contributed by atoms with Crippen LogP contribution in [0.25, 0.3) is 0 Å². The molecular formula is C14H15BrN2O. The fraction of sp³-hybridized carbons (Fsp3) is 0.143. The van der Waals surface area contributed by atoms with Gasteiger partial charge in [0.15, 0.2) is 0 Å². The van der Waals surface area contributed by atoms with E-state index in [1.54, 1.807) is 0 Å². The highest BCUT2D eigenvalue weighted by atomic mass is 79.9. The Hall–Kier alpha value is -1.68. The smallest absolute Gasteiger partial charge is 0.144 e. The van der Waals surface area contributed by atoms with Gasteiger partial charge < -0.3 is 15.8 Å². The zero-order chi connectivity index (χ0) is 13.0. The topological polar surface area (TPSA) is 47.3 Å². The quantitative estimate of drug-likeness (QED) is 0.833. The Morgan fingerprint density at radius 3 is 2.56 bits per heavy atom. The minimum Gasteiger partial charge on any atom is -0.492 e. The van der Waals surface area contributed by atoms with Gasteiger partial charge in [0.05, 0.1) is 23.7 Å². The van der Waals surface area contributed by atoms with E-state index in [1.807, 2.05) is 49.4 Å². The number of rotatable bonds is 4. The predicted octanol–water partition coefficient (Wildman–Crippen LogP) is 4.17. The molecule has 0 saturated heterocycles. The molecule has 0 aliphatic carbocycles. The standard InChI is InChI=1S/C14H15BrN2O/c1-2-18-13-9-5-8-12(14(13)16)17-11-7-4-3-6-10(11)15/h3-9,17H,2,16H2,1H3. The van der Waals surface area contributed by atoms with Crippen molar-refractivity contribution in [2.45, 2.75) is 6.92 Å². The first-order valence-electron chi connectivity index (χ1n) is 5.75. The van der Waals surface area contributed by atoms with E-state index in [-0.39, 0.29) is 0 Å². The maximum Gasteiger partial charge on any atom is 0.144 e. The Kier molecular flexibility index (Phi) is 4.10. The van der Waals surface area contributed by atoms with Gasteiger partial charge in [-0.25, -0.2) is 0 Å². The van der Waals surface area contributed by atoms with Gasteiger partial charge in [-0.3, -0.25) is 0 Å². The molecule has 0 spiro atoms. The molecule has 0 bridgehead atoms. The van der Waals surface area contributed by atoms with E-state index in [1.165, 1.54) is 0 Å². The molecule has 94 valence electrons. The molecule has 0 fully saturated rings. The number of nitrogens with two attached hydrogens (primary N) is 1. The summed E-state index contributed by atoms with van der Waals surface area (Å²) in [6.07, 6.45) is 0. The van der Waals surface area contributed by atoms with Crippen LogP contribution in [0.3, 0.4) is 0 Å². The van der Waals surface area contributed by atoms with Gasteiger partial charge in [0.25, 0.3) is 0 Å². The number of hydrogen-bond donors (Lipinski definition) is 2. The first-order valence-corrected chi connectivity index (χ1v) is 6.54. The average molecular weight is 307 g/mol. The van der Waals surface area contributed by atoms with Crippen molar-refractivity contribution < 1.29 is 4.74 Å². The van der Waals surface area contributed by atoms with Gasteiger partial charge in [-0.2, -0.15) is 0 Å². The monoisotopic (exact) mass is 306 g/mol. The van der Waals surface area contributed by atoms with Crippen LogP contribution < -0.4 is 15.8 Å². The molecule has 0 aromatic heterocycles. The number of ether oxygens (including phenoxy) is 1. The molecule has 0 radical (unpaired) electrons. The lowest BCUT2D eigenvalue weighted by molar-refractivity contribution is 0.342. The van der Waals surface area contributed by atoms with Crippen molar-refractivity contribution in [2.24, 2.45) is 0 Å². The van der Waals surface area contributed by atoms with E-state index in [2.05, 4.69) is 21.2 Å². The third kappa shape index (κ3) is 2.76. The second kappa shape index (κ2) is 5.78.